The van der Waals surface area contributed by atoms with E-state index in [0.29, 0.717) is 11.5 Å². The van der Waals surface area contributed by atoms with Gasteiger partial charge in [-0.3, -0.25) is 0 Å². The van der Waals surface area contributed by atoms with Crippen molar-refractivity contribution >= 4 is 0 Å². The van der Waals surface area contributed by atoms with Crippen molar-refractivity contribution in [3.05, 3.63) is 0 Å². The monoisotopic (exact) mass is 142 g/mol. The van der Waals surface area contributed by atoms with E-state index in [2.05, 4.69) is 20.8 Å². The van der Waals surface area contributed by atoms with Crippen LogP contribution in [0.2, 0.25) is 0 Å². The zero-order chi connectivity index (χ0) is 7.61. The number of ether oxygens (including phenoxy) is 1. The normalized spacial score (nSPS) is 27.3. The molecule has 1 rings (SSSR count). The third-order valence-electron chi connectivity index (χ3n) is 2.71. The van der Waals surface area contributed by atoms with Crippen LogP contribution < -0.4 is 0 Å². The van der Waals surface area contributed by atoms with Gasteiger partial charge >= 0.3 is 0 Å². The molecule has 1 heteroatoms. The fourth-order valence-electron chi connectivity index (χ4n) is 1.42. The standard InChI is InChI=1S/C9H18O/c1-4-9(2,3)8-6-5-7-10-8/h8H,4-7H2,1-3H3. The lowest BCUT2D eigenvalue weighted by molar-refractivity contribution is 0.0170. The summed E-state index contributed by atoms with van der Waals surface area (Å²) in [5.74, 6) is 0. The van der Waals surface area contributed by atoms with Gasteiger partial charge in [0.1, 0.15) is 0 Å². The molecule has 0 aromatic rings. The smallest absolute Gasteiger partial charge is 0.0626 e. The van der Waals surface area contributed by atoms with Gasteiger partial charge in [-0.05, 0) is 24.7 Å². The highest BCUT2D eigenvalue weighted by molar-refractivity contribution is 4.80. The Hall–Kier alpha value is -0.0400. The molecular weight excluding hydrogens is 124 g/mol. The molecule has 1 atom stereocenters. The van der Waals surface area contributed by atoms with Gasteiger partial charge in [0.25, 0.3) is 0 Å². The topological polar surface area (TPSA) is 9.23 Å². The van der Waals surface area contributed by atoms with E-state index in [-0.39, 0.29) is 0 Å². The summed E-state index contributed by atoms with van der Waals surface area (Å²) in [6, 6.07) is 0. The zero-order valence-electron chi connectivity index (χ0n) is 7.31. The fraction of sp³-hybridized carbons (Fsp3) is 1.00. The van der Waals surface area contributed by atoms with E-state index in [1.165, 1.54) is 19.3 Å². The average Bonchev–Trinajstić information content (AvgIpc) is 2.38. The van der Waals surface area contributed by atoms with Crippen LogP contribution in [0.4, 0.5) is 0 Å². The molecule has 1 unspecified atom stereocenters. The van der Waals surface area contributed by atoms with Crippen LogP contribution in [0.3, 0.4) is 0 Å². The molecule has 0 aromatic heterocycles. The lowest BCUT2D eigenvalue weighted by Gasteiger charge is -2.29. The Morgan fingerprint density at radius 3 is 2.60 bits per heavy atom. The molecule has 1 aliphatic heterocycles. The maximum absolute atomic E-state index is 5.61. The molecule has 1 heterocycles. The van der Waals surface area contributed by atoms with Gasteiger partial charge in [0.05, 0.1) is 6.10 Å². The first-order valence-corrected chi connectivity index (χ1v) is 4.28. The summed E-state index contributed by atoms with van der Waals surface area (Å²) in [4.78, 5) is 0. The summed E-state index contributed by atoms with van der Waals surface area (Å²) >= 11 is 0. The highest BCUT2D eigenvalue weighted by Gasteiger charge is 2.30. The second kappa shape index (κ2) is 2.91. The van der Waals surface area contributed by atoms with Crippen LogP contribution in [-0.4, -0.2) is 12.7 Å². The van der Waals surface area contributed by atoms with Gasteiger partial charge in [-0.2, -0.15) is 0 Å². The van der Waals surface area contributed by atoms with Crippen LogP contribution in [0.15, 0.2) is 0 Å². The van der Waals surface area contributed by atoms with Crippen LogP contribution in [-0.2, 0) is 4.74 Å². The lowest BCUT2D eigenvalue weighted by Crippen LogP contribution is -2.27. The Bertz CT molecular complexity index is 101. The number of hydrogen-bond acceptors (Lipinski definition) is 1. The van der Waals surface area contributed by atoms with Gasteiger partial charge in [0.15, 0.2) is 0 Å². The maximum atomic E-state index is 5.61. The van der Waals surface area contributed by atoms with Crippen molar-refractivity contribution < 1.29 is 4.74 Å². The van der Waals surface area contributed by atoms with Crippen molar-refractivity contribution in [3.63, 3.8) is 0 Å². The summed E-state index contributed by atoms with van der Waals surface area (Å²) < 4.78 is 5.61. The molecule has 1 saturated heterocycles. The van der Waals surface area contributed by atoms with Crippen molar-refractivity contribution in [2.24, 2.45) is 5.41 Å². The Labute approximate surface area is 63.8 Å². The fourth-order valence-corrected chi connectivity index (χ4v) is 1.42. The third-order valence-corrected chi connectivity index (χ3v) is 2.71. The van der Waals surface area contributed by atoms with Crippen LogP contribution in [0.5, 0.6) is 0 Å². The summed E-state index contributed by atoms with van der Waals surface area (Å²) in [7, 11) is 0. The SMILES string of the molecule is CCC(C)(C)C1CCCO1. The zero-order valence-corrected chi connectivity index (χ0v) is 7.31. The van der Waals surface area contributed by atoms with Gasteiger partial charge in [0, 0.05) is 6.61 Å². The van der Waals surface area contributed by atoms with E-state index >= 15 is 0 Å². The highest BCUT2D eigenvalue weighted by Crippen LogP contribution is 2.33. The first kappa shape index (κ1) is 8.06. The molecule has 0 N–H and O–H groups in total. The minimum absolute atomic E-state index is 0.399. The summed E-state index contributed by atoms with van der Waals surface area (Å²) in [5.41, 5.74) is 0.399. The minimum Gasteiger partial charge on any atom is -0.378 e. The van der Waals surface area contributed by atoms with Crippen LogP contribution in [0.25, 0.3) is 0 Å². The molecular formula is C9H18O. The maximum Gasteiger partial charge on any atom is 0.0626 e. The van der Waals surface area contributed by atoms with E-state index in [4.69, 9.17) is 4.74 Å². The molecule has 0 radical (unpaired) electrons. The van der Waals surface area contributed by atoms with Gasteiger partial charge in [-0.1, -0.05) is 20.8 Å². The Morgan fingerprint density at radius 2 is 2.20 bits per heavy atom. The predicted molar refractivity (Wildman–Crippen MR) is 43.0 cm³/mol. The van der Waals surface area contributed by atoms with Gasteiger partial charge in [-0.25, -0.2) is 0 Å². The summed E-state index contributed by atoms with van der Waals surface area (Å²) in [6.45, 7) is 7.81. The molecule has 1 fully saturated rings. The van der Waals surface area contributed by atoms with Crippen LogP contribution >= 0.6 is 0 Å². The summed E-state index contributed by atoms with van der Waals surface area (Å²) in [6.07, 6.45) is 4.27. The van der Waals surface area contributed by atoms with E-state index < -0.39 is 0 Å². The quantitative estimate of drug-likeness (QED) is 0.576. The predicted octanol–water partition coefficient (Wildman–Crippen LogP) is 2.60. The van der Waals surface area contributed by atoms with E-state index in [0.717, 1.165) is 6.61 Å². The van der Waals surface area contributed by atoms with Crippen molar-refractivity contribution in [1.29, 1.82) is 0 Å². The largest absolute Gasteiger partial charge is 0.378 e. The van der Waals surface area contributed by atoms with Gasteiger partial charge in [0.2, 0.25) is 0 Å². The second-order valence-electron chi connectivity index (χ2n) is 3.84. The molecule has 0 spiro atoms. The summed E-state index contributed by atoms with van der Waals surface area (Å²) in [5, 5.41) is 0. The molecule has 0 aliphatic carbocycles. The lowest BCUT2D eigenvalue weighted by atomic mass is 9.83. The molecule has 0 amide bonds. The molecule has 60 valence electrons. The van der Waals surface area contributed by atoms with Crippen molar-refractivity contribution in [3.8, 4) is 0 Å². The van der Waals surface area contributed by atoms with E-state index in [9.17, 15) is 0 Å². The molecule has 1 nitrogen and oxygen atoms in total. The first-order chi connectivity index (χ1) is 4.67. The molecule has 10 heavy (non-hydrogen) atoms. The first-order valence-electron chi connectivity index (χ1n) is 4.28. The van der Waals surface area contributed by atoms with Crippen molar-refractivity contribution in [2.45, 2.75) is 46.1 Å². The average molecular weight is 142 g/mol. The Kier molecular flexibility index (Phi) is 2.35. The third kappa shape index (κ3) is 1.51. The van der Waals surface area contributed by atoms with E-state index in [1.54, 1.807) is 0 Å². The van der Waals surface area contributed by atoms with Crippen LogP contribution in [0.1, 0.15) is 40.0 Å². The van der Waals surface area contributed by atoms with Crippen molar-refractivity contribution in [1.82, 2.24) is 0 Å². The Morgan fingerprint density at radius 1 is 1.50 bits per heavy atom. The molecule has 1 aliphatic rings. The minimum atomic E-state index is 0.399. The Balaban J connectivity index is 2.45. The molecule has 0 saturated carbocycles. The van der Waals surface area contributed by atoms with E-state index in [1.807, 2.05) is 0 Å². The second-order valence-corrected chi connectivity index (χ2v) is 3.84. The molecule has 0 aromatic carbocycles. The highest BCUT2D eigenvalue weighted by atomic mass is 16.5. The van der Waals surface area contributed by atoms with Gasteiger partial charge in [-0.15, -0.1) is 0 Å². The number of rotatable bonds is 2. The molecule has 0 bridgehead atoms. The van der Waals surface area contributed by atoms with Crippen molar-refractivity contribution in [2.75, 3.05) is 6.61 Å². The number of hydrogen-bond donors (Lipinski definition) is 0. The van der Waals surface area contributed by atoms with Crippen LogP contribution in [0, 0.1) is 5.41 Å². The van der Waals surface area contributed by atoms with Gasteiger partial charge < -0.3 is 4.74 Å².